The molecule has 34 heavy (non-hydrogen) atoms. The Bertz CT molecular complexity index is 1290. The Hall–Kier alpha value is -3.63. The zero-order valence-corrected chi connectivity index (χ0v) is 19.4. The minimum absolute atomic E-state index is 0.0580. The lowest BCUT2D eigenvalue weighted by Crippen LogP contribution is -2.27. The number of carboxylic acids is 1. The van der Waals surface area contributed by atoms with Crippen molar-refractivity contribution >= 4 is 28.9 Å². The van der Waals surface area contributed by atoms with Gasteiger partial charge >= 0.3 is 5.97 Å². The number of nitriles is 1. The number of anilines is 1. The van der Waals surface area contributed by atoms with Gasteiger partial charge in [0.2, 0.25) is 5.91 Å². The highest BCUT2D eigenvalue weighted by Gasteiger charge is 2.61. The Labute approximate surface area is 201 Å². The third-order valence-electron chi connectivity index (χ3n) is 6.85. The van der Waals surface area contributed by atoms with E-state index in [1.807, 2.05) is 12.1 Å². The largest absolute Gasteiger partial charge is 0.493 e. The van der Waals surface area contributed by atoms with Gasteiger partial charge in [-0.3, -0.25) is 9.59 Å². The van der Waals surface area contributed by atoms with Gasteiger partial charge in [0.05, 0.1) is 18.2 Å². The molecule has 172 valence electrons. The highest BCUT2D eigenvalue weighted by Crippen LogP contribution is 2.61. The lowest BCUT2D eigenvalue weighted by atomic mass is 9.86. The second kappa shape index (κ2) is 8.96. The Morgan fingerprint density at radius 1 is 1.24 bits per heavy atom. The van der Waals surface area contributed by atoms with Crippen LogP contribution < -0.4 is 10.1 Å². The van der Waals surface area contributed by atoms with Crippen molar-refractivity contribution < 1.29 is 19.4 Å². The molecule has 2 N–H and O–H groups in total. The van der Waals surface area contributed by atoms with Gasteiger partial charge in [0.1, 0.15) is 5.75 Å². The first-order chi connectivity index (χ1) is 16.5. The Morgan fingerprint density at radius 2 is 2.12 bits per heavy atom. The van der Waals surface area contributed by atoms with Crippen molar-refractivity contribution in [3.05, 3.63) is 70.6 Å². The first-order valence-corrected chi connectivity index (χ1v) is 12.2. The van der Waals surface area contributed by atoms with Crippen LogP contribution in [0.5, 0.6) is 5.75 Å². The van der Waals surface area contributed by atoms with Crippen molar-refractivity contribution in [3.8, 4) is 22.3 Å². The van der Waals surface area contributed by atoms with Gasteiger partial charge in [0, 0.05) is 33.9 Å². The number of ether oxygens (including phenoxy) is 1. The summed E-state index contributed by atoms with van der Waals surface area (Å²) in [6, 6.07) is 17.7. The van der Waals surface area contributed by atoms with Gasteiger partial charge in [-0.2, -0.15) is 5.26 Å². The van der Waals surface area contributed by atoms with Crippen LogP contribution in [0.1, 0.15) is 42.4 Å². The first kappa shape index (κ1) is 22.2. The molecule has 0 bridgehead atoms. The third kappa shape index (κ3) is 4.17. The van der Waals surface area contributed by atoms with Crippen molar-refractivity contribution in [3.63, 3.8) is 0 Å². The molecule has 1 spiro atoms. The monoisotopic (exact) mass is 472 g/mol. The van der Waals surface area contributed by atoms with Crippen molar-refractivity contribution in [1.82, 2.24) is 0 Å². The molecule has 2 atom stereocenters. The van der Waals surface area contributed by atoms with E-state index < -0.39 is 5.97 Å². The summed E-state index contributed by atoms with van der Waals surface area (Å²) in [6.07, 6.45) is 2.59. The minimum Gasteiger partial charge on any atom is -0.493 e. The lowest BCUT2D eigenvalue weighted by molar-refractivity contribution is -0.137. The second-order valence-corrected chi connectivity index (χ2v) is 9.87. The molecule has 2 aromatic carbocycles. The van der Waals surface area contributed by atoms with E-state index in [-0.39, 0.29) is 23.7 Å². The normalized spacial score (nSPS) is 20.1. The number of aryl methyl sites for hydroxylation is 1. The summed E-state index contributed by atoms with van der Waals surface area (Å²) in [5.41, 5.74) is 3.89. The van der Waals surface area contributed by atoms with Gasteiger partial charge in [0.25, 0.3) is 0 Å². The van der Waals surface area contributed by atoms with Crippen LogP contribution in [0, 0.1) is 17.2 Å². The van der Waals surface area contributed by atoms with Crippen LogP contribution in [-0.2, 0) is 21.4 Å². The molecule has 0 saturated heterocycles. The van der Waals surface area contributed by atoms with E-state index >= 15 is 0 Å². The molecule has 3 aromatic rings. The number of carboxylic acid groups (broad SMARTS) is 1. The van der Waals surface area contributed by atoms with Crippen LogP contribution in [0.25, 0.3) is 10.4 Å². The Morgan fingerprint density at radius 3 is 2.88 bits per heavy atom. The minimum atomic E-state index is -0.848. The SMILES string of the molecule is N#Cc1ccc(CCCC(=O)O)c(NC(=O)[C@@H]2C[C@]23CCOc2ccc(-c4cccs4)cc23)c1. The maximum Gasteiger partial charge on any atom is 0.303 e. The number of aliphatic carboxylic acids is 1. The molecule has 1 fully saturated rings. The highest BCUT2D eigenvalue weighted by atomic mass is 32.1. The topological polar surface area (TPSA) is 99.4 Å². The van der Waals surface area contributed by atoms with E-state index in [2.05, 4.69) is 35.0 Å². The smallest absolute Gasteiger partial charge is 0.303 e. The molecule has 1 aliphatic heterocycles. The highest BCUT2D eigenvalue weighted by molar-refractivity contribution is 7.13. The van der Waals surface area contributed by atoms with E-state index in [4.69, 9.17) is 9.84 Å². The van der Waals surface area contributed by atoms with Crippen molar-refractivity contribution in [1.29, 1.82) is 5.26 Å². The van der Waals surface area contributed by atoms with E-state index in [9.17, 15) is 14.9 Å². The molecule has 1 amide bonds. The second-order valence-electron chi connectivity index (χ2n) is 8.92. The molecule has 2 aliphatic rings. The quantitative estimate of drug-likeness (QED) is 0.481. The number of carbonyl (C=O) groups is 2. The van der Waals surface area contributed by atoms with Gasteiger partial charge in [0.15, 0.2) is 0 Å². The zero-order chi connectivity index (χ0) is 23.7. The van der Waals surface area contributed by atoms with Gasteiger partial charge in [-0.25, -0.2) is 0 Å². The predicted molar refractivity (Wildman–Crippen MR) is 130 cm³/mol. The van der Waals surface area contributed by atoms with Crippen molar-refractivity contribution in [2.45, 2.75) is 37.5 Å². The molecule has 5 rings (SSSR count). The standard InChI is InChI=1S/C27H24N2O4S/c28-16-17-6-7-18(3-1-5-25(30)31)22(13-17)29-26(32)21-15-27(21)10-11-33-23-9-8-19(14-20(23)27)24-4-2-12-34-24/h2,4,6-9,12-14,21H,1,3,5,10-11,15H2,(H,29,32)(H,30,31)/t21-,27-/m0/s1. The predicted octanol–water partition coefficient (Wildman–Crippen LogP) is 5.37. The summed E-state index contributed by atoms with van der Waals surface area (Å²) >= 11 is 1.69. The van der Waals surface area contributed by atoms with Crippen LogP contribution in [-0.4, -0.2) is 23.6 Å². The fourth-order valence-electron chi connectivity index (χ4n) is 4.97. The number of rotatable bonds is 7. The molecule has 0 radical (unpaired) electrons. The van der Waals surface area contributed by atoms with Crippen LogP contribution in [0.4, 0.5) is 5.69 Å². The number of carbonyl (C=O) groups excluding carboxylic acids is 1. The maximum atomic E-state index is 13.4. The summed E-state index contributed by atoms with van der Waals surface area (Å²) < 4.78 is 5.92. The number of hydrogen-bond donors (Lipinski definition) is 2. The average Bonchev–Trinajstić information content (AvgIpc) is 3.28. The number of benzene rings is 2. The third-order valence-corrected chi connectivity index (χ3v) is 7.77. The van der Waals surface area contributed by atoms with E-state index in [0.29, 0.717) is 30.7 Å². The number of thiophene rings is 1. The van der Waals surface area contributed by atoms with Crippen LogP contribution >= 0.6 is 11.3 Å². The molecule has 1 aromatic heterocycles. The molecule has 2 heterocycles. The molecule has 1 saturated carbocycles. The number of nitrogens with one attached hydrogen (secondary N) is 1. The summed E-state index contributed by atoms with van der Waals surface area (Å²) in [5.74, 6) is -0.239. The molecule has 1 aliphatic carbocycles. The molecule has 7 heteroatoms. The molecule has 6 nitrogen and oxygen atoms in total. The average molecular weight is 473 g/mol. The fraction of sp³-hybridized carbons (Fsp3) is 0.296. The summed E-state index contributed by atoms with van der Waals surface area (Å²) in [7, 11) is 0. The Balaban J connectivity index is 1.38. The van der Waals surface area contributed by atoms with Gasteiger partial charge in [-0.05, 0) is 78.6 Å². The molecule has 0 unspecified atom stereocenters. The van der Waals surface area contributed by atoms with Crippen molar-refractivity contribution in [2.24, 2.45) is 5.92 Å². The van der Waals surface area contributed by atoms with E-state index in [1.54, 1.807) is 29.5 Å². The van der Waals surface area contributed by atoms with Gasteiger partial charge < -0.3 is 15.2 Å². The molecular formula is C27H24N2O4S. The number of amides is 1. The van der Waals surface area contributed by atoms with Gasteiger partial charge in [-0.15, -0.1) is 11.3 Å². The maximum absolute atomic E-state index is 13.4. The van der Waals surface area contributed by atoms with Gasteiger partial charge in [-0.1, -0.05) is 12.1 Å². The number of nitrogens with zero attached hydrogens (tertiary/aromatic N) is 1. The lowest BCUT2D eigenvalue weighted by Gasteiger charge is -2.27. The van der Waals surface area contributed by atoms with Crippen LogP contribution in [0.15, 0.2) is 53.9 Å². The molecular weight excluding hydrogens is 448 g/mol. The Kier molecular flexibility index (Phi) is 5.84. The first-order valence-electron chi connectivity index (χ1n) is 11.4. The van der Waals surface area contributed by atoms with Crippen LogP contribution in [0.3, 0.4) is 0 Å². The summed E-state index contributed by atoms with van der Waals surface area (Å²) in [5, 5.41) is 23.4. The number of hydrogen-bond acceptors (Lipinski definition) is 5. The van der Waals surface area contributed by atoms with E-state index in [1.165, 1.54) is 4.88 Å². The van der Waals surface area contributed by atoms with Crippen LogP contribution in [0.2, 0.25) is 0 Å². The summed E-state index contributed by atoms with van der Waals surface area (Å²) in [4.78, 5) is 25.5. The van der Waals surface area contributed by atoms with Crippen molar-refractivity contribution in [2.75, 3.05) is 11.9 Å². The summed E-state index contributed by atoms with van der Waals surface area (Å²) in [6.45, 7) is 0.583. The number of fused-ring (bicyclic) bond motifs is 2. The zero-order valence-electron chi connectivity index (χ0n) is 18.5. The fourth-order valence-corrected chi connectivity index (χ4v) is 5.70. The van der Waals surface area contributed by atoms with E-state index in [0.717, 1.165) is 35.3 Å².